The van der Waals surface area contributed by atoms with E-state index in [1.807, 2.05) is 35.2 Å². The van der Waals surface area contributed by atoms with Crippen LogP contribution in [0.1, 0.15) is 38.5 Å². The lowest BCUT2D eigenvalue weighted by Gasteiger charge is -2.34. The molecular formula is C17H23ClN2O. The van der Waals surface area contributed by atoms with Gasteiger partial charge in [-0.15, -0.1) is 11.6 Å². The fourth-order valence-electron chi connectivity index (χ4n) is 3.71. The van der Waals surface area contributed by atoms with Gasteiger partial charge in [0.25, 0.3) is 0 Å². The highest BCUT2D eigenvalue weighted by Gasteiger charge is 2.38. The molecule has 2 aliphatic rings. The number of hydrogen-bond acceptors (Lipinski definition) is 2. The van der Waals surface area contributed by atoms with Gasteiger partial charge in [0.2, 0.25) is 5.91 Å². The van der Waals surface area contributed by atoms with Gasteiger partial charge in [-0.25, -0.2) is 0 Å². The Bertz CT molecular complexity index is 493. The van der Waals surface area contributed by atoms with E-state index in [-0.39, 0.29) is 29.3 Å². The predicted molar refractivity (Wildman–Crippen MR) is 86.5 cm³/mol. The molecule has 4 unspecified atom stereocenters. The molecule has 114 valence electrons. The number of nitrogens with two attached hydrogens (primary N) is 1. The summed E-state index contributed by atoms with van der Waals surface area (Å²) in [5, 5.41) is 0.147. The number of amides is 1. The van der Waals surface area contributed by atoms with Gasteiger partial charge in [-0.1, -0.05) is 18.2 Å². The van der Waals surface area contributed by atoms with Crippen molar-refractivity contribution in [2.24, 2.45) is 11.7 Å². The second-order valence-electron chi connectivity index (χ2n) is 6.31. The Labute approximate surface area is 131 Å². The van der Waals surface area contributed by atoms with E-state index < -0.39 is 0 Å². The van der Waals surface area contributed by atoms with E-state index in [9.17, 15) is 4.79 Å². The number of halogens is 1. The van der Waals surface area contributed by atoms with Crippen LogP contribution in [0.3, 0.4) is 0 Å². The van der Waals surface area contributed by atoms with Gasteiger partial charge in [0, 0.05) is 23.0 Å². The molecule has 4 atom stereocenters. The largest absolute Gasteiger partial charge is 0.326 e. The van der Waals surface area contributed by atoms with Crippen LogP contribution < -0.4 is 10.6 Å². The Hall–Kier alpha value is -1.06. The lowest BCUT2D eigenvalue weighted by molar-refractivity contribution is -0.122. The quantitative estimate of drug-likeness (QED) is 0.871. The molecule has 3 nitrogen and oxygen atoms in total. The first kappa shape index (κ1) is 14.9. The Morgan fingerprint density at radius 2 is 1.90 bits per heavy atom. The third kappa shape index (κ3) is 3.09. The molecule has 0 spiro atoms. The summed E-state index contributed by atoms with van der Waals surface area (Å²) in [5.41, 5.74) is 7.24. The van der Waals surface area contributed by atoms with Crippen LogP contribution in [-0.2, 0) is 4.79 Å². The maximum absolute atomic E-state index is 13.0. The molecule has 3 rings (SSSR count). The molecule has 2 N–H and O–H groups in total. The number of carbonyl (C=O) groups excluding carboxylic acids is 1. The van der Waals surface area contributed by atoms with Gasteiger partial charge in [-0.05, 0) is 50.7 Å². The summed E-state index contributed by atoms with van der Waals surface area (Å²) in [4.78, 5) is 15.0. The van der Waals surface area contributed by atoms with Crippen molar-refractivity contribution in [1.82, 2.24) is 0 Å². The first-order valence-electron chi connectivity index (χ1n) is 7.94. The summed E-state index contributed by atoms with van der Waals surface area (Å²) in [6.45, 7) is 0. The Balaban J connectivity index is 1.87. The maximum atomic E-state index is 13.0. The van der Waals surface area contributed by atoms with Crippen molar-refractivity contribution < 1.29 is 4.79 Å². The van der Waals surface area contributed by atoms with Crippen molar-refractivity contribution in [2.75, 3.05) is 4.90 Å². The number of para-hydroxylation sites is 1. The zero-order chi connectivity index (χ0) is 14.8. The third-order valence-corrected chi connectivity index (χ3v) is 5.25. The van der Waals surface area contributed by atoms with Gasteiger partial charge in [-0.2, -0.15) is 0 Å². The molecule has 2 saturated carbocycles. The highest BCUT2D eigenvalue weighted by molar-refractivity contribution is 6.21. The predicted octanol–water partition coefficient (Wildman–Crippen LogP) is 3.31. The molecule has 0 saturated heterocycles. The third-order valence-electron chi connectivity index (χ3n) is 4.85. The van der Waals surface area contributed by atoms with Gasteiger partial charge in [0.1, 0.15) is 0 Å². The number of hydrogen-bond donors (Lipinski definition) is 1. The summed E-state index contributed by atoms with van der Waals surface area (Å²) < 4.78 is 0. The van der Waals surface area contributed by atoms with Crippen LogP contribution in [0.2, 0.25) is 0 Å². The number of benzene rings is 1. The summed E-state index contributed by atoms with van der Waals surface area (Å²) in [6.07, 6.45) is 5.75. The van der Waals surface area contributed by atoms with Crippen LogP contribution in [0.25, 0.3) is 0 Å². The Morgan fingerprint density at radius 1 is 1.14 bits per heavy atom. The normalized spacial score (nSPS) is 32.3. The first-order chi connectivity index (χ1) is 10.2. The summed E-state index contributed by atoms with van der Waals surface area (Å²) in [5.74, 6) is 0.271. The van der Waals surface area contributed by atoms with E-state index in [2.05, 4.69) is 0 Å². The van der Waals surface area contributed by atoms with Crippen molar-refractivity contribution in [3.05, 3.63) is 30.3 Å². The van der Waals surface area contributed by atoms with E-state index in [1.54, 1.807) is 0 Å². The van der Waals surface area contributed by atoms with E-state index in [4.69, 9.17) is 17.3 Å². The van der Waals surface area contributed by atoms with Gasteiger partial charge >= 0.3 is 0 Å². The zero-order valence-corrected chi connectivity index (χ0v) is 13.0. The molecule has 2 aliphatic carbocycles. The van der Waals surface area contributed by atoms with Crippen LogP contribution in [0, 0.1) is 5.92 Å². The lowest BCUT2D eigenvalue weighted by atomic mass is 10.0. The van der Waals surface area contributed by atoms with Crippen LogP contribution in [0.5, 0.6) is 0 Å². The van der Waals surface area contributed by atoms with Crippen molar-refractivity contribution in [2.45, 2.75) is 56.0 Å². The molecule has 0 radical (unpaired) electrons. The first-order valence-corrected chi connectivity index (χ1v) is 8.38. The SMILES string of the molecule is NC1CCCC1N(C(=O)C1CCC(Cl)C1)c1ccccc1. The average molecular weight is 307 g/mol. The Kier molecular flexibility index (Phi) is 4.51. The van der Waals surface area contributed by atoms with Crippen molar-refractivity contribution in [3.8, 4) is 0 Å². The Morgan fingerprint density at radius 3 is 2.48 bits per heavy atom. The average Bonchev–Trinajstić information content (AvgIpc) is 3.10. The van der Waals surface area contributed by atoms with Gasteiger partial charge in [0.15, 0.2) is 0 Å². The van der Waals surface area contributed by atoms with Crippen LogP contribution >= 0.6 is 11.6 Å². The molecule has 21 heavy (non-hydrogen) atoms. The fourth-order valence-corrected chi connectivity index (χ4v) is 4.05. The smallest absolute Gasteiger partial charge is 0.230 e. The molecule has 0 aromatic heterocycles. The van der Waals surface area contributed by atoms with Crippen molar-refractivity contribution >= 4 is 23.2 Å². The fraction of sp³-hybridized carbons (Fsp3) is 0.588. The molecule has 0 bridgehead atoms. The second-order valence-corrected chi connectivity index (χ2v) is 6.93. The highest BCUT2D eigenvalue weighted by atomic mass is 35.5. The summed E-state index contributed by atoms with van der Waals surface area (Å²) in [7, 11) is 0. The number of carbonyl (C=O) groups is 1. The van der Waals surface area contributed by atoms with E-state index in [1.165, 1.54) is 0 Å². The molecule has 1 aromatic rings. The van der Waals surface area contributed by atoms with Gasteiger partial charge in [0.05, 0.1) is 6.04 Å². The van der Waals surface area contributed by atoms with Crippen molar-refractivity contribution in [1.29, 1.82) is 0 Å². The van der Waals surface area contributed by atoms with Crippen molar-refractivity contribution in [3.63, 3.8) is 0 Å². The molecular weight excluding hydrogens is 284 g/mol. The van der Waals surface area contributed by atoms with Gasteiger partial charge in [-0.3, -0.25) is 4.79 Å². The molecule has 2 fully saturated rings. The topological polar surface area (TPSA) is 46.3 Å². The monoisotopic (exact) mass is 306 g/mol. The number of rotatable bonds is 3. The van der Waals surface area contributed by atoms with Gasteiger partial charge < -0.3 is 10.6 Å². The lowest BCUT2D eigenvalue weighted by Crippen LogP contribution is -2.49. The van der Waals surface area contributed by atoms with Crippen LogP contribution in [-0.4, -0.2) is 23.4 Å². The maximum Gasteiger partial charge on any atom is 0.230 e. The standard InChI is InChI=1S/C17H23ClN2O/c18-13-10-9-12(11-13)17(21)20(14-5-2-1-3-6-14)16-8-4-7-15(16)19/h1-3,5-6,12-13,15-16H,4,7-11,19H2. The molecule has 0 aliphatic heterocycles. The zero-order valence-electron chi connectivity index (χ0n) is 12.2. The van der Waals surface area contributed by atoms with E-state index >= 15 is 0 Å². The summed E-state index contributed by atoms with van der Waals surface area (Å²) >= 11 is 6.19. The molecule has 0 heterocycles. The van der Waals surface area contributed by atoms with Crippen LogP contribution in [0.15, 0.2) is 30.3 Å². The number of anilines is 1. The molecule has 4 heteroatoms. The number of alkyl halides is 1. The van der Waals surface area contributed by atoms with E-state index in [0.717, 1.165) is 44.2 Å². The van der Waals surface area contributed by atoms with Crippen LogP contribution in [0.4, 0.5) is 5.69 Å². The van der Waals surface area contributed by atoms with E-state index in [0.29, 0.717) is 0 Å². The highest BCUT2D eigenvalue weighted by Crippen LogP contribution is 2.35. The summed E-state index contributed by atoms with van der Waals surface area (Å²) in [6, 6.07) is 10.2. The minimum Gasteiger partial charge on any atom is -0.326 e. The molecule has 1 aromatic carbocycles. The number of nitrogens with zero attached hydrogens (tertiary/aromatic N) is 1. The molecule has 1 amide bonds. The minimum absolute atomic E-state index is 0.0560. The minimum atomic E-state index is 0.0560. The second kappa shape index (κ2) is 6.37.